The normalized spacial score (nSPS) is 40.1. The van der Waals surface area contributed by atoms with Gasteiger partial charge in [0, 0.05) is 5.41 Å². The smallest absolute Gasteiger partial charge is 0.0527 e. The summed E-state index contributed by atoms with van der Waals surface area (Å²) in [4.78, 5) is 0. The van der Waals surface area contributed by atoms with Gasteiger partial charge in [0.05, 0.1) is 6.61 Å². The first-order chi connectivity index (χ1) is 6.29. The minimum atomic E-state index is 0.135. The van der Waals surface area contributed by atoms with Crippen molar-refractivity contribution in [1.82, 2.24) is 0 Å². The number of hydrogen-bond acceptors (Lipinski definition) is 1. The Labute approximate surface area is 80.8 Å². The van der Waals surface area contributed by atoms with E-state index < -0.39 is 0 Å². The van der Waals surface area contributed by atoms with E-state index in [9.17, 15) is 5.11 Å². The molecule has 0 amide bonds. The fourth-order valence-electron chi connectivity index (χ4n) is 3.29. The molecule has 2 aliphatic rings. The standard InChI is InChI=1S/C12H20O/c1-10-6-7-11-5-3-2-4-8-12(10,11)9-13/h11,13H,1-9H2/t11-,12-/m0/s1. The van der Waals surface area contributed by atoms with E-state index in [0.717, 1.165) is 12.3 Å². The summed E-state index contributed by atoms with van der Waals surface area (Å²) >= 11 is 0. The average molecular weight is 180 g/mol. The Hall–Kier alpha value is -0.300. The van der Waals surface area contributed by atoms with Crippen LogP contribution in [0.4, 0.5) is 0 Å². The second-order valence-corrected chi connectivity index (χ2v) is 4.75. The second kappa shape index (κ2) is 3.45. The van der Waals surface area contributed by atoms with Gasteiger partial charge in [0.25, 0.3) is 0 Å². The lowest BCUT2D eigenvalue weighted by atomic mass is 9.73. The Morgan fingerprint density at radius 1 is 1.31 bits per heavy atom. The van der Waals surface area contributed by atoms with Gasteiger partial charge in [-0.3, -0.25) is 0 Å². The molecule has 0 radical (unpaired) electrons. The fraction of sp³-hybridized carbons (Fsp3) is 0.833. The maximum Gasteiger partial charge on any atom is 0.0527 e. The maximum absolute atomic E-state index is 9.59. The van der Waals surface area contributed by atoms with Gasteiger partial charge in [0.1, 0.15) is 0 Å². The third-order valence-corrected chi connectivity index (χ3v) is 4.24. The monoisotopic (exact) mass is 180 g/mol. The van der Waals surface area contributed by atoms with Crippen LogP contribution in [0.3, 0.4) is 0 Å². The molecule has 2 aliphatic carbocycles. The molecular weight excluding hydrogens is 160 g/mol. The van der Waals surface area contributed by atoms with Crippen molar-refractivity contribution in [3.63, 3.8) is 0 Å². The molecule has 1 N–H and O–H groups in total. The van der Waals surface area contributed by atoms with Gasteiger partial charge in [-0.25, -0.2) is 0 Å². The molecule has 74 valence electrons. The number of aliphatic hydroxyl groups excluding tert-OH is 1. The Kier molecular flexibility index (Phi) is 2.46. The van der Waals surface area contributed by atoms with Crippen molar-refractivity contribution in [1.29, 1.82) is 0 Å². The molecule has 13 heavy (non-hydrogen) atoms. The molecular formula is C12H20O. The third-order valence-electron chi connectivity index (χ3n) is 4.24. The predicted octanol–water partition coefficient (Wildman–Crippen LogP) is 2.90. The van der Waals surface area contributed by atoms with Crippen molar-refractivity contribution in [3.05, 3.63) is 12.2 Å². The molecule has 0 aliphatic heterocycles. The minimum Gasteiger partial charge on any atom is -0.395 e. The molecule has 0 saturated heterocycles. The topological polar surface area (TPSA) is 20.2 Å². The molecule has 2 atom stereocenters. The van der Waals surface area contributed by atoms with Gasteiger partial charge in [0.15, 0.2) is 0 Å². The SMILES string of the molecule is C=C1CC[C@@H]2CCCCC[C@]12CO. The largest absolute Gasteiger partial charge is 0.395 e. The lowest BCUT2D eigenvalue weighted by Crippen LogP contribution is -2.30. The highest BCUT2D eigenvalue weighted by Gasteiger charge is 2.44. The summed E-state index contributed by atoms with van der Waals surface area (Å²) in [5, 5.41) is 9.59. The fourth-order valence-corrected chi connectivity index (χ4v) is 3.29. The van der Waals surface area contributed by atoms with Crippen LogP contribution >= 0.6 is 0 Å². The van der Waals surface area contributed by atoms with E-state index in [2.05, 4.69) is 6.58 Å². The van der Waals surface area contributed by atoms with Crippen LogP contribution in [0.5, 0.6) is 0 Å². The average Bonchev–Trinajstić information content (AvgIpc) is 2.38. The number of fused-ring (bicyclic) bond motifs is 1. The Balaban J connectivity index is 2.24. The molecule has 2 saturated carbocycles. The van der Waals surface area contributed by atoms with E-state index in [1.165, 1.54) is 44.1 Å². The van der Waals surface area contributed by atoms with Crippen molar-refractivity contribution in [2.75, 3.05) is 6.61 Å². The minimum absolute atomic E-state index is 0.135. The molecule has 0 bridgehead atoms. The maximum atomic E-state index is 9.59. The van der Waals surface area contributed by atoms with Crippen LogP contribution in [-0.2, 0) is 0 Å². The van der Waals surface area contributed by atoms with Crippen LogP contribution in [-0.4, -0.2) is 11.7 Å². The summed E-state index contributed by atoms with van der Waals surface area (Å²) in [6.07, 6.45) is 8.94. The van der Waals surface area contributed by atoms with E-state index in [1.54, 1.807) is 0 Å². The van der Waals surface area contributed by atoms with Gasteiger partial charge in [-0.05, 0) is 31.6 Å². The number of hydrogen-bond donors (Lipinski definition) is 1. The van der Waals surface area contributed by atoms with Gasteiger partial charge in [0.2, 0.25) is 0 Å². The van der Waals surface area contributed by atoms with Crippen LogP contribution in [0, 0.1) is 11.3 Å². The molecule has 2 fully saturated rings. The summed E-state index contributed by atoms with van der Waals surface area (Å²) in [6, 6.07) is 0. The highest BCUT2D eigenvalue weighted by Crippen LogP contribution is 2.53. The summed E-state index contributed by atoms with van der Waals surface area (Å²) in [5.74, 6) is 0.743. The molecule has 1 heteroatoms. The zero-order valence-corrected chi connectivity index (χ0v) is 8.39. The Bertz CT molecular complexity index is 209. The summed E-state index contributed by atoms with van der Waals surface area (Å²) in [5.41, 5.74) is 1.47. The van der Waals surface area contributed by atoms with E-state index in [-0.39, 0.29) is 5.41 Å². The Morgan fingerprint density at radius 3 is 2.92 bits per heavy atom. The van der Waals surface area contributed by atoms with Crippen LogP contribution in [0.1, 0.15) is 44.9 Å². The van der Waals surface area contributed by atoms with Crippen molar-refractivity contribution in [2.45, 2.75) is 44.9 Å². The number of aliphatic hydroxyl groups is 1. The number of rotatable bonds is 1. The summed E-state index contributed by atoms with van der Waals surface area (Å²) in [7, 11) is 0. The van der Waals surface area contributed by atoms with Crippen LogP contribution < -0.4 is 0 Å². The molecule has 1 nitrogen and oxygen atoms in total. The van der Waals surface area contributed by atoms with Crippen LogP contribution in [0.2, 0.25) is 0 Å². The zero-order valence-electron chi connectivity index (χ0n) is 8.39. The molecule has 2 rings (SSSR count). The Morgan fingerprint density at radius 2 is 2.15 bits per heavy atom. The highest BCUT2D eigenvalue weighted by atomic mass is 16.3. The van der Waals surface area contributed by atoms with Gasteiger partial charge in [-0.2, -0.15) is 0 Å². The van der Waals surface area contributed by atoms with Crippen molar-refractivity contribution >= 4 is 0 Å². The predicted molar refractivity (Wildman–Crippen MR) is 54.5 cm³/mol. The third kappa shape index (κ3) is 1.34. The van der Waals surface area contributed by atoms with Gasteiger partial charge in [-0.1, -0.05) is 31.4 Å². The first-order valence-corrected chi connectivity index (χ1v) is 5.59. The van der Waals surface area contributed by atoms with E-state index in [0.29, 0.717) is 6.61 Å². The van der Waals surface area contributed by atoms with Crippen molar-refractivity contribution < 1.29 is 5.11 Å². The van der Waals surface area contributed by atoms with Gasteiger partial charge in [-0.15, -0.1) is 0 Å². The van der Waals surface area contributed by atoms with Crippen molar-refractivity contribution in [3.8, 4) is 0 Å². The molecule has 0 unspecified atom stereocenters. The van der Waals surface area contributed by atoms with Crippen LogP contribution in [0.15, 0.2) is 12.2 Å². The molecule has 0 aromatic carbocycles. The first-order valence-electron chi connectivity index (χ1n) is 5.59. The molecule has 0 aromatic rings. The quantitative estimate of drug-likeness (QED) is 0.615. The van der Waals surface area contributed by atoms with Crippen molar-refractivity contribution in [2.24, 2.45) is 11.3 Å². The highest BCUT2D eigenvalue weighted by molar-refractivity contribution is 5.19. The van der Waals surface area contributed by atoms with Gasteiger partial charge < -0.3 is 5.11 Å². The van der Waals surface area contributed by atoms with E-state index in [1.807, 2.05) is 0 Å². The van der Waals surface area contributed by atoms with E-state index in [4.69, 9.17) is 0 Å². The van der Waals surface area contributed by atoms with Crippen LogP contribution in [0.25, 0.3) is 0 Å². The van der Waals surface area contributed by atoms with Gasteiger partial charge >= 0.3 is 0 Å². The second-order valence-electron chi connectivity index (χ2n) is 4.75. The summed E-state index contributed by atoms with van der Waals surface area (Å²) in [6.45, 7) is 4.51. The molecule has 0 heterocycles. The molecule has 0 aromatic heterocycles. The lowest BCUT2D eigenvalue weighted by molar-refractivity contribution is 0.108. The first kappa shape index (κ1) is 9.26. The lowest BCUT2D eigenvalue weighted by Gasteiger charge is -2.33. The summed E-state index contributed by atoms with van der Waals surface area (Å²) < 4.78 is 0. The van der Waals surface area contributed by atoms with E-state index >= 15 is 0 Å². The molecule has 0 spiro atoms. The zero-order chi connectivity index (χ0) is 9.31.